The van der Waals surface area contributed by atoms with Crippen LogP contribution in [0.1, 0.15) is 13.8 Å². The van der Waals surface area contributed by atoms with E-state index >= 15 is 0 Å². The van der Waals surface area contributed by atoms with Gasteiger partial charge in [0.1, 0.15) is 5.25 Å². The SMILES string of the molecule is CCOC(=O)[C@@H](C)Sc1nc2ccc(Br)cc2c(=O)n1-c1ccccc1. The maximum Gasteiger partial charge on any atom is 0.319 e. The van der Waals surface area contributed by atoms with Gasteiger partial charge in [-0.1, -0.05) is 45.9 Å². The number of benzene rings is 2. The van der Waals surface area contributed by atoms with E-state index in [1.807, 2.05) is 36.4 Å². The molecule has 3 aromatic rings. The third-order valence-electron chi connectivity index (χ3n) is 3.71. The fraction of sp³-hybridized carbons (Fsp3) is 0.211. The second kappa shape index (κ2) is 8.05. The Morgan fingerprint density at radius 2 is 2.00 bits per heavy atom. The summed E-state index contributed by atoms with van der Waals surface area (Å²) < 4.78 is 7.42. The van der Waals surface area contributed by atoms with Crippen molar-refractivity contribution in [1.29, 1.82) is 0 Å². The van der Waals surface area contributed by atoms with Gasteiger partial charge in [0, 0.05) is 4.47 Å². The first-order chi connectivity index (χ1) is 12.5. The van der Waals surface area contributed by atoms with Gasteiger partial charge in [-0.25, -0.2) is 4.98 Å². The van der Waals surface area contributed by atoms with Crippen LogP contribution in [-0.4, -0.2) is 27.4 Å². The Balaban J connectivity index is 2.18. The Morgan fingerprint density at radius 1 is 1.27 bits per heavy atom. The highest BCUT2D eigenvalue weighted by atomic mass is 79.9. The van der Waals surface area contributed by atoms with E-state index in [2.05, 4.69) is 20.9 Å². The van der Waals surface area contributed by atoms with E-state index in [1.54, 1.807) is 26.0 Å². The molecule has 0 aliphatic carbocycles. The summed E-state index contributed by atoms with van der Waals surface area (Å²) in [6.45, 7) is 3.83. The van der Waals surface area contributed by atoms with Gasteiger partial charge in [0.05, 0.1) is 23.2 Å². The molecule has 3 rings (SSSR count). The molecule has 0 N–H and O–H groups in total. The predicted octanol–water partition coefficient (Wildman–Crippen LogP) is 4.19. The number of ether oxygens (including phenoxy) is 1. The molecule has 26 heavy (non-hydrogen) atoms. The second-order valence-electron chi connectivity index (χ2n) is 5.54. The molecule has 1 atom stereocenters. The lowest BCUT2D eigenvalue weighted by Crippen LogP contribution is -2.24. The molecule has 0 unspecified atom stereocenters. The van der Waals surface area contributed by atoms with Gasteiger partial charge in [0.15, 0.2) is 5.16 Å². The Kier molecular flexibility index (Phi) is 5.78. The average molecular weight is 433 g/mol. The number of hydrogen-bond donors (Lipinski definition) is 0. The third kappa shape index (κ3) is 3.83. The first-order valence-corrected chi connectivity index (χ1v) is 9.79. The third-order valence-corrected chi connectivity index (χ3v) is 5.24. The number of fused-ring (bicyclic) bond motifs is 1. The normalized spacial score (nSPS) is 12.1. The topological polar surface area (TPSA) is 61.2 Å². The minimum atomic E-state index is -0.482. The smallest absolute Gasteiger partial charge is 0.319 e. The zero-order valence-corrected chi connectivity index (χ0v) is 16.7. The summed E-state index contributed by atoms with van der Waals surface area (Å²) in [6, 6.07) is 14.7. The van der Waals surface area contributed by atoms with Crippen LogP contribution >= 0.6 is 27.7 Å². The summed E-state index contributed by atoms with van der Waals surface area (Å²) in [5.41, 5.74) is 1.11. The molecule has 1 heterocycles. The number of carbonyl (C=O) groups excluding carboxylic acids is 1. The first-order valence-electron chi connectivity index (χ1n) is 8.12. The Bertz CT molecular complexity index is 1000. The Labute approximate surface area is 163 Å². The van der Waals surface area contributed by atoms with Crippen LogP contribution in [0.15, 0.2) is 63.0 Å². The Hall–Kier alpha value is -2.12. The van der Waals surface area contributed by atoms with Gasteiger partial charge in [-0.05, 0) is 44.2 Å². The van der Waals surface area contributed by atoms with Crippen molar-refractivity contribution in [2.45, 2.75) is 24.3 Å². The van der Waals surface area contributed by atoms with Crippen molar-refractivity contribution in [2.75, 3.05) is 6.61 Å². The summed E-state index contributed by atoms with van der Waals surface area (Å²) in [5, 5.41) is 0.484. The summed E-state index contributed by atoms with van der Waals surface area (Å²) in [5.74, 6) is -0.331. The minimum Gasteiger partial charge on any atom is -0.465 e. The maximum atomic E-state index is 13.2. The summed E-state index contributed by atoms with van der Waals surface area (Å²) in [7, 11) is 0. The number of aromatic nitrogens is 2. The van der Waals surface area contributed by atoms with Crippen molar-refractivity contribution in [2.24, 2.45) is 0 Å². The van der Waals surface area contributed by atoms with Crippen LogP contribution in [0, 0.1) is 0 Å². The van der Waals surface area contributed by atoms with Gasteiger partial charge < -0.3 is 4.74 Å². The van der Waals surface area contributed by atoms with E-state index in [0.29, 0.717) is 28.4 Å². The lowest BCUT2D eigenvalue weighted by molar-refractivity contribution is -0.142. The van der Waals surface area contributed by atoms with Crippen LogP contribution in [-0.2, 0) is 9.53 Å². The summed E-state index contributed by atoms with van der Waals surface area (Å²) in [4.78, 5) is 29.8. The Morgan fingerprint density at radius 3 is 2.69 bits per heavy atom. The van der Waals surface area contributed by atoms with Gasteiger partial charge in [-0.15, -0.1) is 0 Å². The fourth-order valence-electron chi connectivity index (χ4n) is 2.49. The molecule has 0 aliphatic heterocycles. The molecule has 2 aromatic carbocycles. The van der Waals surface area contributed by atoms with Gasteiger partial charge in [0.2, 0.25) is 0 Å². The summed E-state index contributed by atoms with van der Waals surface area (Å²) >= 11 is 4.61. The van der Waals surface area contributed by atoms with Crippen molar-refractivity contribution in [3.05, 3.63) is 63.4 Å². The molecule has 7 heteroatoms. The monoisotopic (exact) mass is 432 g/mol. The lowest BCUT2D eigenvalue weighted by atomic mass is 10.2. The number of para-hydroxylation sites is 1. The average Bonchev–Trinajstić information content (AvgIpc) is 2.63. The molecular weight excluding hydrogens is 416 g/mol. The minimum absolute atomic E-state index is 0.180. The summed E-state index contributed by atoms with van der Waals surface area (Å²) in [6.07, 6.45) is 0. The van der Waals surface area contributed by atoms with Gasteiger partial charge in [-0.3, -0.25) is 14.2 Å². The highest BCUT2D eigenvalue weighted by Gasteiger charge is 2.21. The van der Waals surface area contributed by atoms with Crippen molar-refractivity contribution < 1.29 is 9.53 Å². The van der Waals surface area contributed by atoms with Crippen LogP contribution in [0.5, 0.6) is 0 Å². The number of esters is 1. The standard InChI is InChI=1S/C19H17BrN2O3S/c1-3-25-18(24)12(2)26-19-21-16-10-9-13(20)11-15(16)17(23)22(19)14-7-5-4-6-8-14/h4-12H,3H2,1-2H3/t12-/m1/s1. The van der Waals surface area contributed by atoms with E-state index in [0.717, 1.165) is 4.47 Å². The van der Waals surface area contributed by atoms with Crippen molar-refractivity contribution in [1.82, 2.24) is 9.55 Å². The largest absolute Gasteiger partial charge is 0.465 e. The number of nitrogens with zero attached hydrogens (tertiary/aromatic N) is 2. The van der Waals surface area contributed by atoms with Crippen LogP contribution < -0.4 is 5.56 Å². The highest BCUT2D eigenvalue weighted by Crippen LogP contribution is 2.26. The number of carbonyl (C=O) groups is 1. The molecule has 1 aromatic heterocycles. The van der Waals surface area contributed by atoms with Crippen LogP contribution in [0.4, 0.5) is 0 Å². The van der Waals surface area contributed by atoms with Gasteiger partial charge in [-0.2, -0.15) is 0 Å². The maximum absolute atomic E-state index is 13.2. The van der Waals surface area contributed by atoms with Crippen LogP contribution in [0.2, 0.25) is 0 Å². The molecule has 0 saturated heterocycles. The number of halogens is 1. The number of rotatable bonds is 5. The fourth-order valence-corrected chi connectivity index (χ4v) is 3.77. The van der Waals surface area contributed by atoms with Crippen LogP contribution in [0.25, 0.3) is 16.6 Å². The predicted molar refractivity (Wildman–Crippen MR) is 107 cm³/mol. The van der Waals surface area contributed by atoms with E-state index in [-0.39, 0.29) is 11.5 Å². The quantitative estimate of drug-likeness (QED) is 0.343. The molecule has 0 aliphatic rings. The van der Waals surface area contributed by atoms with E-state index in [9.17, 15) is 9.59 Å². The van der Waals surface area contributed by atoms with E-state index in [1.165, 1.54) is 16.3 Å². The molecule has 0 radical (unpaired) electrons. The van der Waals surface area contributed by atoms with Crippen LogP contribution in [0.3, 0.4) is 0 Å². The molecule has 0 bridgehead atoms. The second-order valence-corrected chi connectivity index (χ2v) is 7.77. The first kappa shape index (κ1) is 18.7. The zero-order valence-electron chi connectivity index (χ0n) is 14.3. The molecule has 0 spiro atoms. The lowest BCUT2D eigenvalue weighted by Gasteiger charge is -2.16. The molecular formula is C19H17BrN2O3S. The van der Waals surface area contributed by atoms with E-state index < -0.39 is 5.25 Å². The molecule has 0 amide bonds. The van der Waals surface area contributed by atoms with Gasteiger partial charge in [0.25, 0.3) is 5.56 Å². The molecule has 5 nitrogen and oxygen atoms in total. The van der Waals surface area contributed by atoms with Crippen molar-refractivity contribution >= 4 is 44.6 Å². The van der Waals surface area contributed by atoms with Crippen molar-refractivity contribution in [3.8, 4) is 5.69 Å². The molecule has 0 saturated carbocycles. The van der Waals surface area contributed by atoms with Gasteiger partial charge >= 0.3 is 5.97 Å². The number of hydrogen-bond acceptors (Lipinski definition) is 5. The highest BCUT2D eigenvalue weighted by molar-refractivity contribution is 9.10. The molecule has 134 valence electrons. The van der Waals surface area contributed by atoms with Crippen molar-refractivity contribution in [3.63, 3.8) is 0 Å². The molecule has 0 fully saturated rings. The number of thioether (sulfide) groups is 1. The zero-order chi connectivity index (χ0) is 18.7. The van der Waals surface area contributed by atoms with E-state index in [4.69, 9.17) is 4.74 Å².